The number of hydrogen-bond acceptors (Lipinski definition) is 4. The fourth-order valence-electron chi connectivity index (χ4n) is 7.04. The number of rotatable bonds is 5. The molecule has 5 nitrogen and oxygen atoms in total. The smallest absolute Gasteiger partial charge is 0.137 e. The molecular weight excluding hydrogens is 599 g/mol. The molecule has 0 amide bonds. The Kier molecular flexibility index (Phi) is 6.83. The highest BCUT2D eigenvalue weighted by molar-refractivity contribution is 6.12. The van der Waals surface area contributed by atoms with Crippen molar-refractivity contribution in [2.45, 2.75) is 13.8 Å². The lowest BCUT2D eigenvalue weighted by atomic mass is 9.90. The molecule has 0 aliphatic carbocycles. The van der Waals surface area contributed by atoms with E-state index in [-0.39, 0.29) is 0 Å². The van der Waals surface area contributed by atoms with E-state index in [0.29, 0.717) is 0 Å². The van der Waals surface area contributed by atoms with E-state index in [0.717, 1.165) is 94.6 Å². The van der Waals surface area contributed by atoms with Crippen LogP contribution < -0.4 is 0 Å². The zero-order chi connectivity index (χ0) is 32.9. The molecule has 49 heavy (non-hydrogen) atoms. The van der Waals surface area contributed by atoms with Crippen molar-refractivity contribution in [2.75, 3.05) is 0 Å². The zero-order valence-corrected chi connectivity index (χ0v) is 27.2. The minimum absolute atomic E-state index is 0.924. The third-order valence-electron chi connectivity index (χ3n) is 9.35. The standard InChI is InChI=1S/C44H31N5/c1-28-13-18-37(29(2)47-28)35-23-34(24-36(25-35)39-26-33-11-8-20-46-42(33)40-27-45-21-19-38(39)40)30-14-16-31(17-15-30)43-44(32-9-4-3-5-10-32)49-22-7-6-12-41(49)48-43/h3-27H,1-2H3. The molecule has 0 saturated carbocycles. The summed E-state index contributed by atoms with van der Waals surface area (Å²) in [6.07, 6.45) is 7.72. The van der Waals surface area contributed by atoms with E-state index in [2.05, 4.69) is 132 Å². The van der Waals surface area contributed by atoms with Gasteiger partial charge in [-0.2, -0.15) is 0 Å². The van der Waals surface area contributed by atoms with Crippen LogP contribution in [0.2, 0.25) is 0 Å². The molecule has 0 saturated heterocycles. The van der Waals surface area contributed by atoms with Gasteiger partial charge in [0.25, 0.3) is 0 Å². The average molecular weight is 630 g/mol. The molecule has 0 aliphatic heterocycles. The summed E-state index contributed by atoms with van der Waals surface area (Å²) in [7, 11) is 0. The summed E-state index contributed by atoms with van der Waals surface area (Å²) in [5, 5.41) is 3.25. The van der Waals surface area contributed by atoms with Gasteiger partial charge in [-0.1, -0.05) is 72.8 Å². The first-order valence-corrected chi connectivity index (χ1v) is 16.5. The molecule has 0 aliphatic rings. The van der Waals surface area contributed by atoms with Gasteiger partial charge in [-0.3, -0.25) is 19.4 Å². The van der Waals surface area contributed by atoms with E-state index in [9.17, 15) is 0 Å². The quantitative estimate of drug-likeness (QED) is 0.178. The summed E-state index contributed by atoms with van der Waals surface area (Å²) < 4.78 is 2.17. The molecule has 0 atom stereocenters. The van der Waals surface area contributed by atoms with Gasteiger partial charge in [-0.05, 0) is 102 Å². The van der Waals surface area contributed by atoms with Gasteiger partial charge in [0.1, 0.15) is 5.65 Å². The Hall–Kier alpha value is -6.46. The van der Waals surface area contributed by atoms with Crippen molar-refractivity contribution in [3.8, 4) is 55.9 Å². The lowest BCUT2D eigenvalue weighted by Gasteiger charge is -2.15. The van der Waals surface area contributed by atoms with Gasteiger partial charge >= 0.3 is 0 Å². The SMILES string of the molecule is Cc1ccc(-c2cc(-c3ccc(-c4nc5ccccn5c4-c4ccccc4)cc3)cc(-c3cc4cccnc4c4cnccc34)c2)c(C)n1. The number of imidazole rings is 1. The van der Waals surface area contributed by atoms with Crippen molar-refractivity contribution in [3.05, 3.63) is 164 Å². The summed E-state index contributed by atoms with van der Waals surface area (Å²) in [5.41, 5.74) is 14.9. The average Bonchev–Trinajstić information content (AvgIpc) is 3.54. The molecule has 0 bridgehead atoms. The molecular formula is C44H31N5. The number of benzene rings is 4. The molecule has 232 valence electrons. The van der Waals surface area contributed by atoms with E-state index in [4.69, 9.17) is 15.0 Å². The van der Waals surface area contributed by atoms with E-state index in [1.165, 1.54) is 0 Å². The van der Waals surface area contributed by atoms with Gasteiger partial charge in [0.2, 0.25) is 0 Å². The van der Waals surface area contributed by atoms with Gasteiger partial charge in [0.15, 0.2) is 0 Å². The fourth-order valence-corrected chi connectivity index (χ4v) is 7.04. The van der Waals surface area contributed by atoms with Crippen LogP contribution in [0, 0.1) is 13.8 Å². The second-order valence-corrected chi connectivity index (χ2v) is 12.5. The first-order chi connectivity index (χ1) is 24.1. The van der Waals surface area contributed by atoms with Gasteiger partial charge in [-0.25, -0.2) is 4.98 Å². The predicted molar refractivity (Wildman–Crippen MR) is 200 cm³/mol. The number of aromatic nitrogens is 5. The molecule has 0 N–H and O–H groups in total. The molecule has 4 aromatic carbocycles. The summed E-state index contributed by atoms with van der Waals surface area (Å²) in [4.78, 5) is 19.1. The van der Waals surface area contributed by atoms with Crippen molar-refractivity contribution >= 4 is 27.3 Å². The molecule has 5 aromatic heterocycles. The van der Waals surface area contributed by atoms with Crippen LogP contribution in [0.15, 0.2) is 152 Å². The first kappa shape index (κ1) is 28.7. The Morgan fingerprint density at radius 1 is 0.531 bits per heavy atom. The maximum absolute atomic E-state index is 5.09. The Balaban J connectivity index is 1.22. The normalized spacial score (nSPS) is 11.5. The maximum atomic E-state index is 5.09. The number of nitrogens with zero attached hydrogens (tertiary/aromatic N) is 5. The third kappa shape index (κ3) is 5.04. The van der Waals surface area contributed by atoms with Crippen molar-refractivity contribution in [1.29, 1.82) is 0 Å². The molecule has 0 unspecified atom stereocenters. The first-order valence-electron chi connectivity index (χ1n) is 16.5. The number of pyridine rings is 4. The molecule has 9 rings (SSSR count). The second-order valence-electron chi connectivity index (χ2n) is 12.5. The predicted octanol–water partition coefficient (Wildman–Crippen LogP) is 10.8. The third-order valence-corrected chi connectivity index (χ3v) is 9.35. The van der Waals surface area contributed by atoms with Crippen LogP contribution in [-0.4, -0.2) is 24.3 Å². The highest BCUT2D eigenvalue weighted by atomic mass is 15.0. The second kappa shape index (κ2) is 11.7. The van der Waals surface area contributed by atoms with Crippen molar-refractivity contribution < 1.29 is 0 Å². The Morgan fingerprint density at radius 2 is 1.31 bits per heavy atom. The Bertz CT molecular complexity index is 2670. The van der Waals surface area contributed by atoms with Crippen LogP contribution in [0.3, 0.4) is 0 Å². The largest absolute Gasteiger partial charge is 0.299 e. The van der Waals surface area contributed by atoms with Crippen LogP contribution in [0.1, 0.15) is 11.4 Å². The molecule has 0 spiro atoms. The van der Waals surface area contributed by atoms with Crippen LogP contribution in [0.5, 0.6) is 0 Å². The van der Waals surface area contributed by atoms with Crippen molar-refractivity contribution in [3.63, 3.8) is 0 Å². The zero-order valence-electron chi connectivity index (χ0n) is 27.2. The minimum atomic E-state index is 0.924. The number of aryl methyl sites for hydroxylation is 2. The number of hydrogen-bond donors (Lipinski definition) is 0. The summed E-state index contributed by atoms with van der Waals surface area (Å²) in [6.45, 7) is 4.13. The van der Waals surface area contributed by atoms with Gasteiger partial charge in [0, 0.05) is 63.6 Å². The molecule has 5 heteroatoms. The summed E-state index contributed by atoms with van der Waals surface area (Å²) in [5.74, 6) is 0. The molecule has 0 fully saturated rings. The minimum Gasteiger partial charge on any atom is -0.299 e. The lowest BCUT2D eigenvalue weighted by Crippen LogP contribution is -1.93. The Labute approximate surface area is 284 Å². The van der Waals surface area contributed by atoms with Gasteiger partial charge in [0.05, 0.1) is 16.9 Å². The van der Waals surface area contributed by atoms with Crippen molar-refractivity contribution in [1.82, 2.24) is 24.3 Å². The van der Waals surface area contributed by atoms with Crippen LogP contribution >= 0.6 is 0 Å². The topological polar surface area (TPSA) is 56.0 Å². The molecule has 9 aromatic rings. The highest BCUT2D eigenvalue weighted by Gasteiger charge is 2.17. The Morgan fingerprint density at radius 3 is 2.14 bits per heavy atom. The van der Waals surface area contributed by atoms with Crippen LogP contribution in [0.4, 0.5) is 0 Å². The summed E-state index contributed by atoms with van der Waals surface area (Å²) >= 11 is 0. The summed E-state index contributed by atoms with van der Waals surface area (Å²) in [6, 6.07) is 45.0. The van der Waals surface area contributed by atoms with Crippen LogP contribution in [0.25, 0.3) is 83.2 Å². The van der Waals surface area contributed by atoms with E-state index < -0.39 is 0 Å². The van der Waals surface area contributed by atoms with E-state index >= 15 is 0 Å². The monoisotopic (exact) mass is 629 g/mol. The lowest BCUT2D eigenvalue weighted by molar-refractivity contribution is 1.13. The van der Waals surface area contributed by atoms with Crippen molar-refractivity contribution in [2.24, 2.45) is 0 Å². The number of fused-ring (bicyclic) bond motifs is 4. The van der Waals surface area contributed by atoms with Gasteiger partial charge < -0.3 is 0 Å². The van der Waals surface area contributed by atoms with Gasteiger partial charge in [-0.15, -0.1) is 0 Å². The van der Waals surface area contributed by atoms with Crippen LogP contribution in [-0.2, 0) is 0 Å². The van der Waals surface area contributed by atoms with E-state index in [1.807, 2.05) is 43.7 Å². The maximum Gasteiger partial charge on any atom is 0.137 e. The van der Waals surface area contributed by atoms with E-state index in [1.54, 1.807) is 0 Å². The highest BCUT2D eigenvalue weighted by Crippen LogP contribution is 2.40. The molecule has 5 heterocycles. The fraction of sp³-hybridized carbons (Fsp3) is 0.0455. The molecule has 0 radical (unpaired) electrons.